The number of amides is 1. The molecule has 4 fully saturated rings. The third kappa shape index (κ3) is 3.54. The Labute approximate surface area is 174 Å². The second kappa shape index (κ2) is 7.39. The molecule has 1 saturated heterocycles. The normalized spacial score (nSPS) is 29.7. The van der Waals surface area contributed by atoms with Crippen molar-refractivity contribution in [2.75, 3.05) is 0 Å². The molecule has 1 aliphatic heterocycles. The van der Waals surface area contributed by atoms with Gasteiger partial charge in [-0.2, -0.15) is 0 Å². The van der Waals surface area contributed by atoms with Crippen LogP contribution in [0.4, 0.5) is 13.6 Å². The van der Waals surface area contributed by atoms with Gasteiger partial charge in [0.15, 0.2) is 6.10 Å². The Hall–Kier alpha value is -2.94. The van der Waals surface area contributed by atoms with E-state index < -0.39 is 29.9 Å². The highest BCUT2D eigenvalue weighted by Crippen LogP contribution is 2.49. The summed E-state index contributed by atoms with van der Waals surface area (Å²) in [5, 5.41) is 2.68. The Morgan fingerprint density at radius 3 is 2.63 bits per heavy atom. The first-order valence-electron chi connectivity index (χ1n) is 10.4. The number of carbonyl (C=O) groups excluding carboxylic acids is 1. The molecule has 0 radical (unpaired) electrons. The zero-order valence-corrected chi connectivity index (χ0v) is 16.5. The molecular formula is C24H22F2N2O2. The first-order valence-corrected chi connectivity index (χ1v) is 10.4. The van der Waals surface area contributed by atoms with Gasteiger partial charge >= 0.3 is 6.09 Å². The van der Waals surface area contributed by atoms with E-state index >= 15 is 0 Å². The summed E-state index contributed by atoms with van der Waals surface area (Å²) in [4.78, 5) is 16.2. The van der Waals surface area contributed by atoms with Gasteiger partial charge < -0.3 is 10.1 Å². The quantitative estimate of drug-likeness (QED) is 0.695. The minimum absolute atomic E-state index is 0.00677. The van der Waals surface area contributed by atoms with Crippen LogP contribution in [0.3, 0.4) is 0 Å². The van der Waals surface area contributed by atoms with Crippen molar-refractivity contribution in [3.8, 4) is 11.8 Å². The van der Waals surface area contributed by atoms with Gasteiger partial charge in [-0.1, -0.05) is 11.8 Å². The van der Waals surface area contributed by atoms with Crippen LogP contribution in [0.25, 0.3) is 0 Å². The van der Waals surface area contributed by atoms with Crippen molar-refractivity contribution in [3.05, 3.63) is 65.0 Å². The predicted octanol–water partition coefficient (Wildman–Crippen LogP) is 5.20. The molecule has 30 heavy (non-hydrogen) atoms. The molecule has 2 atom stereocenters. The molecule has 2 unspecified atom stereocenters. The minimum Gasteiger partial charge on any atom is -0.439 e. The van der Waals surface area contributed by atoms with E-state index in [1.165, 1.54) is 19.3 Å². The average molecular weight is 408 g/mol. The van der Waals surface area contributed by atoms with E-state index in [1.807, 2.05) is 6.07 Å². The second-order valence-corrected chi connectivity index (χ2v) is 8.63. The van der Waals surface area contributed by atoms with Crippen LogP contribution in [-0.4, -0.2) is 11.1 Å². The fraction of sp³-hybridized carbons (Fsp3) is 0.417. The summed E-state index contributed by atoms with van der Waals surface area (Å²) in [5.74, 6) is 6.45. The number of hydrogen-bond acceptors (Lipinski definition) is 3. The van der Waals surface area contributed by atoms with Gasteiger partial charge in [-0.25, -0.2) is 13.6 Å². The molecule has 1 aromatic heterocycles. The lowest BCUT2D eigenvalue weighted by Gasteiger charge is -2.43. The van der Waals surface area contributed by atoms with Gasteiger partial charge in [-0.05, 0) is 74.3 Å². The number of fused-ring (bicyclic) bond motifs is 3. The molecule has 0 spiro atoms. The van der Waals surface area contributed by atoms with Crippen molar-refractivity contribution in [2.45, 2.75) is 50.7 Å². The number of hydrogen-bond donors (Lipinski definition) is 1. The Bertz CT molecular complexity index is 1040. The number of nitrogens with zero attached hydrogens (tertiary/aromatic N) is 1. The van der Waals surface area contributed by atoms with Crippen molar-refractivity contribution in [2.24, 2.45) is 11.3 Å². The molecule has 2 aromatic rings. The maximum atomic E-state index is 14.3. The van der Waals surface area contributed by atoms with Gasteiger partial charge in [0.1, 0.15) is 17.7 Å². The Balaban J connectivity index is 1.44. The standard InChI is InChI=1S/C24H22F2N2O2/c25-18-1-2-20(26)19(12-18)22-21(28-23(29)30-22)17-11-16(13-27-14-17)6-10-24-7-3-15(4-8-24)5-9-24/h1-2,11-15,21-22H,3-5,7-9H2,(H,28,29). The lowest BCUT2D eigenvalue weighted by molar-refractivity contribution is 0.119. The van der Waals surface area contributed by atoms with Crippen LogP contribution >= 0.6 is 0 Å². The minimum atomic E-state index is -0.981. The molecule has 2 heterocycles. The van der Waals surface area contributed by atoms with Gasteiger partial charge in [-0.3, -0.25) is 4.98 Å². The lowest BCUT2D eigenvalue weighted by Crippen LogP contribution is -2.32. The SMILES string of the molecule is O=C1NC(c2cncc(C#CC34CCC(CC3)CC4)c2)C(c2cc(F)ccc2F)O1. The summed E-state index contributed by atoms with van der Waals surface area (Å²) >= 11 is 0. The van der Waals surface area contributed by atoms with Crippen molar-refractivity contribution in [3.63, 3.8) is 0 Å². The maximum absolute atomic E-state index is 14.3. The molecular weight excluding hydrogens is 386 g/mol. The highest BCUT2D eigenvalue weighted by atomic mass is 19.1. The molecule has 4 aliphatic rings. The Kier molecular flexibility index (Phi) is 4.69. The van der Waals surface area contributed by atoms with Crippen LogP contribution in [-0.2, 0) is 4.74 Å². The van der Waals surface area contributed by atoms with Crippen molar-refractivity contribution < 1.29 is 18.3 Å². The Morgan fingerprint density at radius 1 is 1.10 bits per heavy atom. The molecule has 6 rings (SSSR count). The number of nitrogens with one attached hydrogen (secondary N) is 1. The highest BCUT2D eigenvalue weighted by molar-refractivity contribution is 5.71. The zero-order chi connectivity index (χ0) is 20.7. The smallest absolute Gasteiger partial charge is 0.408 e. The van der Waals surface area contributed by atoms with Crippen molar-refractivity contribution in [1.82, 2.24) is 10.3 Å². The molecule has 3 saturated carbocycles. The van der Waals surface area contributed by atoms with E-state index in [2.05, 4.69) is 22.1 Å². The van der Waals surface area contributed by atoms with Crippen molar-refractivity contribution >= 4 is 6.09 Å². The number of benzene rings is 1. The summed E-state index contributed by atoms with van der Waals surface area (Å²) in [7, 11) is 0. The van der Waals surface area contributed by atoms with Crippen LogP contribution in [0, 0.1) is 34.8 Å². The number of ether oxygens (including phenoxy) is 1. The van der Waals surface area contributed by atoms with Crippen LogP contribution in [0.5, 0.6) is 0 Å². The van der Waals surface area contributed by atoms with Crippen LogP contribution < -0.4 is 5.32 Å². The number of aromatic nitrogens is 1. The van der Waals surface area contributed by atoms with E-state index in [1.54, 1.807) is 12.4 Å². The number of alkyl carbamates (subject to hydrolysis) is 1. The molecule has 1 amide bonds. The second-order valence-electron chi connectivity index (χ2n) is 8.63. The predicted molar refractivity (Wildman–Crippen MR) is 106 cm³/mol. The summed E-state index contributed by atoms with van der Waals surface area (Å²) < 4.78 is 33.3. The number of pyridine rings is 1. The lowest BCUT2D eigenvalue weighted by atomic mass is 9.61. The molecule has 6 heteroatoms. The van der Waals surface area contributed by atoms with Crippen LogP contribution in [0.1, 0.15) is 67.4 Å². The Morgan fingerprint density at radius 2 is 1.87 bits per heavy atom. The van der Waals surface area contributed by atoms with E-state index in [4.69, 9.17) is 4.74 Å². The monoisotopic (exact) mass is 408 g/mol. The van der Waals surface area contributed by atoms with E-state index in [-0.39, 0.29) is 11.0 Å². The maximum Gasteiger partial charge on any atom is 0.408 e. The van der Waals surface area contributed by atoms with E-state index in [0.29, 0.717) is 5.56 Å². The van der Waals surface area contributed by atoms with Crippen LogP contribution in [0.2, 0.25) is 0 Å². The number of cyclic esters (lactones) is 1. The zero-order valence-electron chi connectivity index (χ0n) is 16.5. The third-order valence-corrected chi connectivity index (χ3v) is 6.76. The van der Waals surface area contributed by atoms with Gasteiger partial charge in [0.2, 0.25) is 0 Å². The third-order valence-electron chi connectivity index (χ3n) is 6.76. The molecule has 4 nitrogen and oxygen atoms in total. The van der Waals surface area contributed by atoms with Gasteiger partial charge in [0.05, 0.1) is 0 Å². The molecule has 1 N–H and O–H groups in total. The summed E-state index contributed by atoms with van der Waals surface area (Å²) in [6, 6.07) is 4.30. The first-order chi connectivity index (χ1) is 14.5. The molecule has 154 valence electrons. The molecule has 1 aromatic carbocycles. The molecule has 2 bridgehead atoms. The average Bonchev–Trinajstić information content (AvgIpc) is 3.17. The number of rotatable bonds is 2. The van der Waals surface area contributed by atoms with Gasteiger partial charge in [0, 0.05) is 28.9 Å². The summed E-state index contributed by atoms with van der Waals surface area (Å²) in [6.45, 7) is 0. The number of halogens is 2. The highest BCUT2D eigenvalue weighted by Gasteiger charge is 2.40. The van der Waals surface area contributed by atoms with Gasteiger partial charge in [-0.15, -0.1) is 0 Å². The molecule has 3 aliphatic carbocycles. The van der Waals surface area contributed by atoms with Crippen LogP contribution in [0.15, 0.2) is 36.7 Å². The summed E-state index contributed by atoms with van der Waals surface area (Å²) in [6.07, 6.45) is 8.89. The fourth-order valence-corrected chi connectivity index (χ4v) is 4.99. The van der Waals surface area contributed by atoms with E-state index in [9.17, 15) is 13.6 Å². The van der Waals surface area contributed by atoms with E-state index in [0.717, 1.165) is 48.9 Å². The van der Waals surface area contributed by atoms with Gasteiger partial charge in [0.25, 0.3) is 0 Å². The largest absolute Gasteiger partial charge is 0.439 e. The summed E-state index contributed by atoms with van der Waals surface area (Å²) in [5.41, 5.74) is 1.50. The topological polar surface area (TPSA) is 51.2 Å². The first kappa shape index (κ1) is 19.0. The fourth-order valence-electron chi connectivity index (χ4n) is 4.99. The number of carbonyl (C=O) groups is 1. The van der Waals surface area contributed by atoms with Crippen molar-refractivity contribution in [1.29, 1.82) is 0 Å².